The first-order valence-corrected chi connectivity index (χ1v) is 7.65. The van der Waals surface area contributed by atoms with Crippen molar-refractivity contribution >= 4 is 0 Å². The number of fused-ring (bicyclic) bond motifs is 3. The molecule has 3 rings (SSSR count). The summed E-state index contributed by atoms with van der Waals surface area (Å²) in [4.78, 5) is 0. The molecule has 0 heterocycles. The van der Waals surface area contributed by atoms with Crippen LogP contribution in [0.4, 0.5) is 0 Å². The van der Waals surface area contributed by atoms with Crippen molar-refractivity contribution in [3.8, 4) is 0 Å². The zero-order valence-corrected chi connectivity index (χ0v) is 12.1. The topological polar surface area (TPSA) is 0 Å². The Morgan fingerprint density at radius 3 is 2.53 bits per heavy atom. The highest BCUT2D eigenvalue weighted by Crippen LogP contribution is 2.63. The summed E-state index contributed by atoms with van der Waals surface area (Å²) < 4.78 is 0. The van der Waals surface area contributed by atoms with Gasteiger partial charge in [0.1, 0.15) is 0 Å². The third-order valence-corrected chi connectivity index (χ3v) is 6.38. The predicted octanol–water partition coefficient (Wildman–Crippen LogP) is 5.34. The average molecular weight is 232 g/mol. The summed E-state index contributed by atoms with van der Waals surface area (Å²) in [6.07, 6.45) is 10.2. The Labute approximate surface area is 107 Å². The molecule has 0 spiro atoms. The third-order valence-electron chi connectivity index (χ3n) is 6.38. The van der Waals surface area contributed by atoms with Gasteiger partial charge in [-0.05, 0) is 68.1 Å². The summed E-state index contributed by atoms with van der Waals surface area (Å²) in [7, 11) is 0. The number of hydrogen-bond acceptors (Lipinski definition) is 0. The minimum Gasteiger partial charge on any atom is -0.0733 e. The van der Waals surface area contributed by atoms with Crippen molar-refractivity contribution < 1.29 is 0 Å². The van der Waals surface area contributed by atoms with E-state index in [2.05, 4.69) is 27.7 Å². The van der Waals surface area contributed by atoms with Crippen LogP contribution in [0.15, 0.2) is 11.1 Å². The molecule has 0 amide bonds. The molecule has 0 saturated heterocycles. The van der Waals surface area contributed by atoms with Gasteiger partial charge in [-0.1, -0.05) is 38.3 Å². The van der Waals surface area contributed by atoms with Gasteiger partial charge in [0, 0.05) is 0 Å². The number of hydrogen-bond donors (Lipinski definition) is 0. The van der Waals surface area contributed by atoms with Crippen molar-refractivity contribution in [3.05, 3.63) is 11.1 Å². The van der Waals surface area contributed by atoms with Crippen molar-refractivity contribution in [1.29, 1.82) is 0 Å². The zero-order valence-electron chi connectivity index (χ0n) is 12.1. The third kappa shape index (κ3) is 1.55. The lowest BCUT2D eigenvalue weighted by atomic mass is 9.48. The molecule has 2 fully saturated rings. The second-order valence-electron chi connectivity index (χ2n) is 7.82. The van der Waals surface area contributed by atoms with Gasteiger partial charge in [-0.25, -0.2) is 0 Å². The molecule has 0 aromatic heterocycles. The summed E-state index contributed by atoms with van der Waals surface area (Å²) in [6.45, 7) is 10.1. The summed E-state index contributed by atoms with van der Waals surface area (Å²) in [5, 5.41) is 0. The molecule has 0 heteroatoms. The molecule has 0 aromatic rings. The molecular formula is C17H28. The Morgan fingerprint density at radius 1 is 1.00 bits per heavy atom. The van der Waals surface area contributed by atoms with E-state index in [1.165, 1.54) is 44.9 Å². The fourth-order valence-electron chi connectivity index (χ4n) is 5.78. The first kappa shape index (κ1) is 11.8. The highest BCUT2D eigenvalue weighted by molar-refractivity contribution is 5.32. The fraction of sp³-hybridized carbons (Fsp3) is 0.882. The van der Waals surface area contributed by atoms with E-state index in [9.17, 15) is 0 Å². The largest absolute Gasteiger partial charge is 0.0733 e. The number of allylic oxidation sites excluding steroid dienone is 2. The van der Waals surface area contributed by atoms with Crippen molar-refractivity contribution in [3.63, 3.8) is 0 Å². The van der Waals surface area contributed by atoms with Gasteiger partial charge in [-0.3, -0.25) is 0 Å². The minimum absolute atomic E-state index is 0.561. The van der Waals surface area contributed by atoms with E-state index in [0.717, 1.165) is 11.8 Å². The van der Waals surface area contributed by atoms with Crippen LogP contribution in [-0.2, 0) is 0 Å². The fourth-order valence-corrected chi connectivity index (χ4v) is 5.78. The van der Waals surface area contributed by atoms with Crippen LogP contribution in [0, 0.1) is 22.7 Å². The molecule has 0 radical (unpaired) electrons. The lowest BCUT2D eigenvalue weighted by Crippen LogP contribution is -2.47. The van der Waals surface area contributed by atoms with Gasteiger partial charge in [-0.15, -0.1) is 0 Å². The Balaban J connectivity index is 2.05. The molecule has 0 aliphatic heterocycles. The molecule has 17 heavy (non-hydrogen) atoms. The average Bonchev–Trinajstić information content (AvgIpc) is 2.60. The monoisotopic (exact) mass is 232 g/mol. The highest BCUT2D eigenvalue weighted by Gasteiger charge is 2.53. The van der Waals surface area contributed by atoms with Crippen molar-refractivity contribution in [2.75, 3.05) is 0 Å². The normalized spacial score (nSPS) is 44.5. The van der Waals surface area contributed by atoms with Gasteiger partial charge in [0.2, 0.25) is 0 Å². The quantitative estimate of drug-likeness (QED) is 0.495. The summed E-state index contributed by atoms with van der Waals surface area (Å²) in [5.74, 6) is 1.91. The maximum atomic E-state index is 2.61. The molecule has 0 N–H and O–H groups in total. The highest BCUT2D eigenvalue weighted by atomic mass is 14.6. The Bertz CT molecular complexity index is 360. The van der Waals surface area contributed by atoms with Crippen LogP contribution in [0.5, 0.6) is 0 Å². The van der Waals surface area contributed by atoms with E-state index in [0.29, 0.717) is 10.8 Å². The second kappa shape index (κ2) is 3.62. The lowest BCUT2D eigenvalue weighted by molar-refractivity contribution is -0.00688. The molecule has 3 aliphatic carbocycles. The standard InChI is InChI=1S/C17H28/c1-12-6-7-13-8-9-14-16(2,3)10-5-11-17(14,4)15(12)13/h13-14H,5-11H2,1-4H3/t13-,14+,17+/m1/s1. The van der Waals surface area contributed by atoms with Crippen LogP contribution in [0.3, 0.4) is 0 Å². The molecule has 2 saturated carbocycles. The van der Waals surface area contributed by atoms with E-state index >= 15 is 0 Å². The Kier molecular flexibility index (Phi) is 2.51. The predicted molar refractivity (Wildman–Crippen MR) is 73.9 cm³/mol. The van der Waals surface area contributed by atoms with Crippen LogP contribution in [0.2, 0.25) is 0 Å². The molecule has 0 nitrogen and oxygen atoms in total. The summed E-state index contributed by atoms with van der Waals surface area (Å²) in [5.41, 5.74) is 4.82. The van der Waals surface area contributed by atoms with E-state index in [4.69, 9.17) is 0 Å². The summed E-state index contributed by atoms with van der Waals surface area (Å²) >= 11 is 0. The van der Waals surface area contributed by atoms with Crippen LogP contribution in [-0.4, -0.2) is 0 Å². The first-order chi connectivity index (χ1) is 7.95. The summed E-state index contributed by atoms with van der Waals surface area (Å²) in [6, 6.07) is 0. The Hall–Kier alpha value is -0.260. The lowest BCUT2D eigenvalue weighted by Gasteiger charge is -2.56. The van der Waals surface area contributed by atoms with Crippen LogP contribution in [0.25, 0.3) is 0 Å². The van der Waals surface area contributed by atoms with Gasteiger partial charge < -0.3 is 0 Å². The van der Waals surface area contributed by atoms with Crippen LogP contribution >= 0.6 is 0 Å². The SMILES string of the molecule is CC1=C2[C@H](CC1)CC[C@H]1C(C)(C)CCC[C@]21C. The second-order valence-corrected chi connectivity index (χ2v) is 7.82. The van der Waals surface area contributed by atoms with Gasteiger partial charge in [0.15, 0.2) is 0 Å². The van der Waals surface area contributed by atoms with Crippen LogP contribution < -0.4 is 0 Å². The molecule has 3 aliphatic rings. The van der Waals surface area contributed by atoms with Crippen molar-refractivity contribution in [1.82, 2.24) is 0 Å². The maximum Gasteiger partial charge on any atom is -0.00777 e. The van der Waals surface area contributed by atoms with Gasteiger partial charge in [-0.2, -0.15) is 0 Å². The minimum atomic E-state index is 0.561. The van der Waals surface area contributed by atoms with Gasteiger partial charge >= 0.3 is 0 Å². The van der Waals surface area contributed by atoms with Crippen LogP contribution in [0.1, 0.15) is 72.6 Å². The van der Waals surface area contributed by atoms with Gasteiger partial charge in [0.25, 0.3) is 0 Å². The van der Waals surface area contributed by atoms with Gasteiger partial charge in [0.05, 0.1) is 0 Å². The van der Waals surface area contributed by atoms with E-state index in [1.54, 1.807) is 5.57 Å². The molecule has 0 bridgehead atoms. The molecule has 96 valence electrons. The molecule has 0 aromatic carbocycles. The number of rotatable bonds is 0. The Morgan fingerprint density at radius 2 is 1.76 bits per heavy atom. The molecule has 0 unspecified atom stereocenters. The molecule has 3 atom stereocenters. The first-order valence-electron chi connectivity index (χ1n) is 7.65. The zero-order chi connectivity index (χ0) is 12.3. The maximum absolute atomic E-state index is 2.61. The van der Waals surface area contributed by atoms with Crippen molar-refractivity contribution in [2.24, 2.45) is 22.7 Å². The van der Waals surface area contributed by atoms with E-state index in [-0.39, 0.29) is 0 Å². The van der Waals surface area contributed by atoms with Crippen molar-refractivity contribution in [2.45, 2.75) is 72.6 Å². The van der Waals surface area contributed by atoms with E-state index < -0.39 is 0 Å². The van der Waals surface area contributed by atoms with E-state index in [1.807, 2.05) is 5.57 Å². The smallest absolute Gasteiger partial charge is 0.00777 e. The molecular weight excluding hydrogens is 204 g/mol.